The number of nitrogens with zero attached hydrogens (tertiary/aromatic N) is 2. The Balaban J connectivity index is 1.53. The smallest absolute Gasteiger partial charge is 0.357 e. The predicted molar refractivity (Wildman–Crippen MR) is 154 cm³/mol. The topological polar surface area (TPSA) is 107 Å². The van der Waals surface area contributed by atoms with Crippen LogP contribution < -0.4 is 9.46 Å². The number of carbonyl (C=O) groups is 1. The lowest BCUT2D eigenvalue weighted by atomic mass is 10.0. The van der Waals surface area contributed by atoms with Crippen LogP contribution in [-0.2, 0) is 14.8 Å². The molecule has 40 heavy (non-hydrogen) atoms. The normalized spacial score (nSPS) is 11.2. The highest BCUT2D eigenvalue weighted by molar-refractivity contribution is 7.93. The van der Waals surface area contributed by atoms with Crippen molar-refractivity contribution in [3.63, 3.8) is 0 Å². The van der Waals surface area contributed by atoms with Gasteiger partial charge in [-0.15, -0.1) is 0 Å². The van der Waals surface area contributed by atoms with Gasteiger partial charge in [-0.05, 0) is 50.2 Å². The Bertz CT molecular complexity index is 1920. The van der Waals surface area contributed by atoms with Crippen molar-refractivity contribution in [3.05, 3.63) is 102 Å². The minimum atomic E-state index is -4.04. The molecular weight excluding hydrogens is 526 g/mol. The number of fused-ring (bicyclic) bond motifs is 2. The van der Waals surface area contributed by atoms with Crippen LogP contribution in [0.15, 0.2) is 90.1 Å². The van der Waals surface area contributed by atoms with Crippen LogP contribution in [0.3, 0.4) is 0 Å². The van der Waals surface area contributed by atoms with Gasteiger partial charge < -0.3 is 9.47 Å². The van der Waals surface area contributed by atoms with Crippen LogP contribution in [0.25, 0.3) is 21.7 Å². The Hall–Kier alpha value is -4.94. The lowest BCUT2D eigenvalue weighted by molar-refractivity contribution is 0.0596. The SMILES string of the molecule is COC(=O)c1ncc(C#Cc2ccccc2NS(=O)(=O)c2ccc(OC(C)C)c3cccnc23)c2ccccc12. The number of methoxy groups -OCH3 is 1. The van der Waals surface area contributed by atoms with Crippen molar-refractivity contribution in [2.24, 2.45) is 0 Å². The number of nitrogens with one attached hydrogen (secondary N) is 1. The number of carbonyl (C=O) groups excluding carboxylic acids is 1. The summed E-state index contributed by atoms with van der Waals surface area (Å²) in [7, 11) is -2.74. The van der Waals surface area contributed by atoms with E-state index in [1.807, 2.05) is 26.0 Å². The number of benzene rings is 3. The molecule has 9 heteroatoms. The molecule has 2 aromatic heterocycles. The minimum Gasteiger partial charge on any atom is -0.490 e. The van der Waals surface area contributed by atoms with Crippen molar-refractivity contribution in [2.45, 2.75) is 24.8 Å². The predicted octanol–water partition coefficient (Wildman–Crippen LogP) is 5.56. The van der Waals surface area contributed by atoms with E-state index >= 15 is 0 Å². The molecule has 3 aromatic carbocycles. The van der Waals surface area contributed by atoms with Crippen LogP contribution in [-0.4, -0.2) is 37.6 Å². The molecule has 200 valence electrons. The number of para-hydroxylation sites is 1. The quantitative estimate of drug-likeness (QED) is 0.218. The van der Waals surface area contributed by atoms with Crippen molar-refractivity contribution < 1.29 is 22.7 Å². The molecule has 0 unspecified atom stereocenters. The number of sulfonamides is 1. The van der Waals surface area contributed by atoms with E-state index in [1.165, 1.54) is 19.4 Å². The number of hydrogen-bond acceptors (Lipinski definition) is 7. The molecule has 0 atom stereocenters. The first-order valence-electron chi connectivity index (χ1n) is 12.4. The van der Waals surface area contributed by atoms with E-state index in [2.05, 4.69) is 26.5 Å². The second-order valence-electron chi connectivity index (χ2n) is 9.09. The summed E-state index contributed by atoms with van der Waals surface area (Å²) in [6, 6.07) is 20.8. The second-order valence-corrected chi connectivity index (χ2v) is 10.7. The van der Waals surface area contributed by atoms with Gasteiger partial charge in [-0.2, -0.15) is 0 Å². The van der Waals surface area contributed by atoms with Crippen molar-refractivity contribution in [1.29, 1.82) is 0 Å². The highest BCUT2D eigenvalue weighted by atomic mass is 32.2. The first-order chi connectivity index (χ1) is 19.3. The standard InChI is InChI=1S/C31H25N3O5S/c1-20(2)39-27-16-17-28(29-25(27)12-8-18-32-29)40(36,37)34-26-13-7-4-9-21(26)14-15-22-19-33-30(31(35)38-3)24-11-6-5-10-23(22)24/h4-13,16-20,34H,1-3H3. The summed E-state index contributed by atoms with van der Waals surface area (Å²) in [5, 5.41) is 1.94. The maximum absolute atomic E-state index is 13.6. The van der Waals surface area contributed by atoms with Gasteiger partial charge in [-0.1, -0.05) is 48.2 Å². The Kier molecular flexibility index (Phi) is 7.36. The van der Waals surface area contributed by atoms with Crippen LogP contribution in [0.2, 0.25) is 0 Å². The number of esters is 1. The highest BCUT2D eigenvalue weighted by Crippen LogP contribution is 2.31. The zero-order chi connectivity index (χ0) is 28.3. The number of aromatic nitrogens is 2. The fourth-order valence-corrected chi connectivity index (χ4v) is 5.50. The summed E-state index contributed by atoms with van der Waals surface area (Å²) in [5.41, 5.74) is 1.86. The first-order valence-corrected chi connectivity index (χ1v) is 13.9. The van der Waals surface area contributed by atoms with E-state index < -0.39 is 16.0 Å². The maximum atomic E-state index is 13.6. The summed E-state index contributed by atoms with van der Waals surface area (Å²) >= 11 is 0. The molecule has 5 aromatic rings. The number of hydrogen-bond donors (Lipinski definition) is 1. The second kappa shape index (κ2) is 11.0. The van der Waals surface area contributed by atoms with Crippen LogP contribution >= 0.6 is 0 Å². The monoisotopic (exact) mass is 551 g/mol. The lowest BCUT2D eigenvalue weighted by Crippen LogP contribution is -2.15. The molecule has 0 saturated carbocycles. The molecule has 0 aliphatic heterocycles. The molecule has 0 saturated heterocycles. The third kappa shape index (κ3) is 5.30. The Labute approximate surface area is 232 Å². The Morgan fingerprint density at radius 2 is 1.55 bits per heavy atom. The number of ether oxygens (including phenoxy) is 2. The average molecular weight is 552 g/mol. The van der Waals surface area contributed by atoms with Crippen LogP contribution in [0.4, 0.5) is 5.69 Å². The minimum absolute atomic E-state index is 0.0237. The maximum Gasteiger partial charge on any atom is 0.357 e. The molecule has 0 aliphatic rings. The number of pyridine rings is 2. The summed E-state index contributed by atoms with van der Waals surface area (Å²) < 4.78 is 40.6. The zero-order valence-corrected chi connectivity index (χ0v) is 22.8. The summed E-state index contributed by atoms with van der Waals surface area (Å²) in [4.78, 5) is 20.8. The van der Waals surface area contributed by atoms with Gasteiger partial charge in [0.2, 0.25) is 0 Å². The molecule has 0 bridgehead atoms. The van der Waals surface area contributed by atoms with Gasteiger partial charge in [0, 0.05) is 34.1 Å². The molecule has 0 spiro atoms. The van der Waals surface area contributed by atoms with Crippen molar-refractivity contribution in [2.75, 3.05) is 11.8 Å². The molecule has 0 fully saturated rings. The van der Waals surface area contributed by atoms with Gasteiger partial charge in [0.1, 0.15) is 10.6 Å². The van der Waals surface area contributed by atoms with E-state index in [9.17, 15) is 13.2 Å². The van der Waals surface area contributed by atoms with Crippen molar-refractivity contribution in [1.82, 2.24) is 9.97 Å². The average Bonchev–Trinajstić information content (AvgIpc) is 2.95. The Morgan fingerprint density at radius 3 is 2.33 bits per heavy atom. The van der Waals surface area contributed by atoms with E-state index in [0.717, 1.165) is 5.39 Å². The third-order valence-electron chi connectivity index (χ3n) is 6.02. The molecule has 8 nitrogen and oxygen atoms in total. The molecule has 0 radical (unpaired) electrons. The number of anilines is 1. The van der Waals surface area contributed by atoms with Crippen LogP contribution in [0.5, 0.6) is 5.75 Å². The summed E-state index contributed by atoms with van der Waals surface area (Å²) in [6.45, 7) is 3.80. The molecule has 2 heterocycles. The summed E-state index contributed by atoms with van der Waals surface area (Å²) in [5.74, 6) is 6.16. The van der Waals surface area contributed by atoms with E-state index in [-0.39, 0.29) is 16.7 Å². The lowest BCUT2D eigenvalue weighted by Gasteiger charge is -2.15. The first kappa shape index (κ1) is 26.7. The van der Waals surface area contributed by atoms with Gasteiger partial charge in [0.05, 0.1) is 30.0 Å². The fraction of sp³-hybridized carbons (Fsp3) is 0.129. The molecule has 5 rings (SSSR count). The van der Waals surface area contributed by atoms with E-state index in [0.29, 0.717) is 38.9 Å². The van der Waals surface area contributed by atoms with Gasteiger partial charge in [-0.25, -0.2) is 18.2 Å². The van der Waals surface area contributed by atoms with Crippen molar-refractivity contribution in [3.8, 4) is 17.6 Å². The zero-order valence-electron chi connectivity index (χ0n) is 22.0. The van der Waals surface area contributed by atoms with E-state index in [1.54, 1.807) is 60.8 Å². The van der Waals surface area contributed by atoms with Gasteiger partial charge in [-0.3, -0.25) is 9.71 Å². The molecule has 0 aliphatic carbocycles. The number of rotatable bonds is 6. The highest BCUT2D eigenvalue weighted by Gasteiger charge is 2.22. The molecular formula is C31H25N3O5S. The van der Waals surface area contributed by atoms with Crippen LogP contribution in [0, 0.1) is 11.8 Å². The van der Waals surface area contributed by atoms with Crippen LogP contribution in [0.1, 0.15) is 35.5 Å². The third-order valence-corrected chi connectivity index (χ3v) is 7.42. The largest absolute Gasteiger partial charge is 0.490 e. The van der Waals surface area contributed by atoms with Gasteiger partial charge in [0.25, 0.3) is 10.0 Å². The van der Waals surface area contributed by atoms with Gasteiger partial charge in [0.15, 0.2) is 5.69 Å². The van der Waals surface area contributed by atoms with Crippen molar-refractivity contribution >= 4 is 43.4 Å². The molecule has 1 N–H and O–H groups in total. The van der Waals surface area contributed by atoms with E-state index in [4.69, 9.17) is 9.47 Å². The molecule has 0 amide bonds. The van der Waals surface area contributed by atoms with Gasteiger partial charge >= 0.3 is 5.97 Å². The fourth-order valence-electron chi connectivity index (χ4n) is 4.26. The Morgan fingerprint density at radius 1 is 0.850 bits per heavy atom. The summed E-state index contributed by atoms with van der Waals surface area (Å²) in [6.07, 6.45) is 2.97.